The van der Waals surface area contributed by atoms with Crippen molar-refractivity contribution in [3.8, 4) is 0 Å². The van der Waals surface area contributed by atoms with Crippen LogP contribution in [-0.2, 0) is 0 Å². The summed E-state index contributed by atoms with van der Waals surface area (Å²) in [4.78, 5) is 3.99. The SMILES string of the molecule is c1ccc2sc(Nc3ccncc3)cc2c1. The van der Waals surface area contributed by atoms with Crippen LogP contribution in [0.2, 0.25) is 0 Å². The molecule has 0 bridgehead atoms. The maximum atomic E-state index is 3.99. The first kappa shape index (κ1) is 9.36. The summed E-state index contributed by atoms with van der Waals surface area (Å²) >= 11 is 1.76. The van der Waals surface area contributed by atoms with E-state index in [-0.39, 0.29) is 0 Å². The molecule has 1 N–H and O–H groups in total. The molecular formula is C13H10N2S. The summed E-state index contributed by atoms with van der Waals surface area (Å²) in [5, 5.41) is 5.81. The minimum Gasteiger partial charge on any atom is -0.347 e. The summed E-state index contributed by atoms with van der Waals surface area (Å²) < 4.78 is 1.30. The van der Waals surface area contributed by atoms with Crippen LogP contribution >= 0.6 is 11.3 Å². The highest BCUT2D eigenvalue weighted by Gasteiger charge is 2.00. The molecule has 0 fully saturated rings. The maximum absolute atomic E-state index is 3.99. The summed E-state index contributed by atoms with van der Waals surface area (Å²) in [7, 11) is 0. The molecule has 0 radical (unpaired) electrons. The lowest BCUT2D eigenvalue weighted by molar-refractivity contribution is 1.33. The summed E-state index contributed by atoms with van der Waals surface area (Å²) in [6.45, 7) is 0. The number of rotatable bonds is 2. The predicted molar refractivity (Wildman–Crippen MR) is 69.3 cm³/mol. The molecule has 2 aromatic heterocycles. The molecule has 3 rings (SSSR count). The Morgan fingerprint density at radius 2 is 1.81 bits per heavy atom. The van der Waals surface area contributed by atoms with E-state index >= 15 is 0 Å². The molecule has 0 spiro atoms. The Morgan fingerprint density at radius 1 is 1.00 bits per heavy atom. The van der Waals surface area contributed by atoms with Gasteiger partial charge in [0.1, 0.15) is 0 Å². The average Bonchev–Trinajstić information content (AvgIpc) is 2.72. The van der Waals surface area contributed by atoms with E-state index in [1.165, 1.54) is 10.1 Å². The molecule has 2 nitrogen and oxygen atoms in total. The van der Waals surface area contributed by atoms with Crippen LogP contribution in [0.3, 0.4) is 0 Å². The topological polar surface area (TPSA) is 24.9 Å². The molecular weight excluding hydrogens is 216 g/mol. The third-order valence-electron chi connectivity index (χ3n) is 2.37. The van der Waals surface area contributed by atoms with E-state index in [1.807, 2.05) is 12.1 Å². The van der Waals surface area contributed by atoms with E-state index in [4.69, 9.17) is 0 Å². The Labute approximate surface area is 97.6 Å². The van der Waals surface area contributed by atoms with Gasteiger partial charge >= 0.3 is 0 Å². The number of aromatic nitrogens is 1. The number of hydrogen-bond donors (Lipinski definition) is 1. The van der Waals surface area contributed by atoms with E-state index in [0.29, 0.717) is 0 Å². The van der Waals surface area contributed by atoms with E-state index in [0.717, 1.165) is 10.7 Å². The fourth-order valence-corrected chi connectivity index (χ4v) is 2.60. The van der Waals surface area contributed by atoms with Crippen LogP contribution in [0.15, 0.2) is 54.9 Å². The van der Waals surface area contributed by atoms with E-state index in [9.17, 15) is 0 Å². The number of anilines is 2. The van der Waals surface area contributed by atoms with E-state index in [2.05, 4.69) is 40.6 Å². The van der Waals surface area contributed by atoms with Crippen LogP contribution in [0.25, 0.3) is 10.1 Å². The quantitative estimate of drug-likeness (QED) is 0.713. The molecule has 3 heteroatoms. The molecule has 0 saturated carbocycles. The minimum atomic E-state index is 1.07. The molecule has 1 aromatic carbocycles. The largest absolute Gasteiger partial charge is 0.347 e. The molecule has 0 saturated heterocycles. The fraction of sp³-hybridized carbons (Fsp3) is 0. The number of fused-ring (bicyclic) bond motifs is 1. The second-order valence-electron chi connectivity index (χ2n) is 3.51. The highest BCUT2D eigenvalue weighted by molar-refractivity contribution is 7.22. The molecule has 78 valence electrons. The van der Waals surface area contributed by atoms with Crippen molar-refractivity contribution < 1.29 is 0 Å². The van der Waals surface area contributed by atoms with E-state index in [1.54, 1.807) is 23.7 Å². The van der Waals surface area contributed by atoms with Crippen molar-refractivity contribution in [1.82, 2.24) is 4.98 Å². The zero-order valence-electron chi connectivity index (χ0n) is 8.55. The normalized spacial score (nSPS) is 10.5. The monoisotopic (exact) mass is 226 g/mol. The first-order valence-corrected chi connectivity index (χ1v) is 5.89. The van der Waals surface area contributed by atoms with Gasteiger partial charge in [-0.15, -0.1) is 11.3 Å². The van der Waals surface area contributed by atoms with Crippen molar-refractivity contribution >= 4 is 32.1 Å². The Balaban J connectivity index is 1.95. The standard InChI is InChI=1S/C13H10N2S/c1-2-4-12-10(3-1)9-13(16-12)15-11-5-7-14-8-6-11/h1-9H,(H,14,15). The van der Waals surface area contributed by atoms with Gasteiger partial charge in [0, 0.05) is 22.8 Å². The van der Waals surface area contributed by atoms with Crippen LogP contribution in [0.4, 0.5) is 10.7 Å². The van der Waals surface area contributed by atoms with Crippen molar-refractivity contribution in [1.29, 1.82) is 0 Å². The number of benzene rings is 1. The van der Waals surface area contributed by atoms with Gasteiger partial charge in [-0.05, 0) is 29.7 Å². The van der Waals surface area contributed by atoms with Gasteiger partial charge in [0.25, 0.3) is 0 Å². The Kier molecular flexibility index (Phi) is 2.31. The molecule has 0 atom stereocenters. The maximum Gasteiger partial charge on any atom is 0.0939 e. The number of nitrogens with zero attached hydrogens (tertiary/aromatic N) is 1. The van der Waals surface area contributed by atoms with Crippen LogP contribution in [0.1, 0.15) is 0 Å². The van der Waals surface area contributed by atoms with Crippen molar-refractivity contribution in [2.24, 2.45) is 0 Å². The molecule has 3 aromatic rings. The summed E-state index contributed by atoms with van der Waals surface area (Å²) in [6.07, 6.45) is 3.57. The average molecular weight is 226 g/mol. The predicted octanol–water partition coefficient (Wildman–Crippen LogP) is 4.04. The molecule has 0 aliphatic carbocycles. The molecule has 0 aliphatic heterocycles. The van der Waals surface area contributed by atoms with Crippen LogP contribution in [0.5, 0.6) is 0 Å². The van der Waals surface area contributed by atoms with Gasteiger partial charge in [0.2, 0.25) is 0 Å². The Hall–Kier alpha value is -1.87. The number of pyridine rings is 1. The number of nitrogens with one attached hydrogen (secondary N) is 1. The van der Waals surface area contributed by atoms with Gasteiger partial charge in [-0.1, -0.05) is 18.2 Å². The highest BCUT2D eigenvalue weighted by atomic mass is 32.1. The number of thiophene rings is 1. The molecule has 2 heterocycles. The number of hydrogen-bond acceptors (Lipinski definition) is 3. The smallest absolute Gasteiger partial charge is 0.0939 e. The molecule has 0 unspecified atom stereocenters. The lowest BCUT2D eigenvalue weighted by Crippen LogP contribution is -1.85. The van der Waals surface area contributed by atoms with Crippen LogP contribution < -0.4 is 5.32 Å². The summed E-state index contributed by atoms with van der Waals surface area (Å²) in [5.74, 6) is 0. The van der Waals surface area contributed by atoms with Crippen molar-refractivity contribution in [3.05, 3.63) is 54.9 Å². The van der Waals surface area contributed by atoms with Gasteiger partial charge in [-0.3, -0.25) is 4.98 Å². The van der Waals surface area contributed by atoms with Crippen LogP contribution in [0, 0.1) is 0 Å². The Morgan fingerprint density at radius 3 is 2.62 bits per heavy atom. The minimum absolute atomic E-state index is 1.07. The fourth-order valence-electron chi connectivity index (χ4n) is 1.62. The van der Waals surface area contributed by atoms with Crippen LogP contribution in [-0.4, -0.2) is 4.98 Å². The summed E-state index contributed by atoms with van der Waals surface area (Å²) in [5.41, 5.74) is 1.07. The van der Waals surface area contributed by atoms with Crippen molar-refractivity contribution in [2.75, 3.05) is 5.32 Å². The van der Waals surface area contributed by atoms with Gasteiger partial charge in [-0.25, -0.2) is 0 Å². The van der Waals surface area contributed by atoms with Gasteiger partial charge < -0.3 is 5.32 Å². The lowest BCUT2D eigenvalue weighted by Gasteiger charge is -2.00. The second-order valence-corrected chi connectivity index (χ2v) is 4.59. The molecule has 16 heavy (non-hydrogen) atoms. The zero-order chi connectivity index (χ0) is 10.8. The van der Waals surface area contributed by atoms with E-state index < -0.39 is 0 Å². The third-order valence-corrected chi connectivity index (χ3v) is 3.40. The molecule has 0 aliphatic rings. The van der Waals surface area contributed by atoms with Crippen molar-refractivity contribution in [3.63, 3.8) is 0 Å². The van der Waals surface area contributed by atoms with Gasteiger partial charge in [0.05, 0.1) is 5.00 Å². The first-order valence-electron chi connectivity index (χ1n) is 5.07. The van der Waals surface area contributed by atoms with Crippen molar-refractivity contribution in [2.45, 2.75) is 0 Å². The lowest BCUT2D eigenvalue weighted by atomic mass is 10.3. The van der Waals surface area contributed by atoms with Gasteiger partial charge in [0.15, 0.2) is 0 Å². The zero-order valence-corrected chi connectivity index (χ0v) is 9.37. The summed E-state index contributed by atoms with van der Waals surface area (Å²) in [6, 6.07) is 14.5. The first-order chi connectivity index (χ1) is 7.92. The molecule has 0 amide bonds. The third kappa shape index (κ3) is 1.77. The second kappa shape index (κ2) is 3.94. The highest BCUT2D eigenvalue weighted by Crippen LogP contribution is 2.31. The van der Waals surface area contributed by atoms with Gasteiger partial charge in [-0.2, -0.15) is 0 Å². The Bertz CT molecular complexity index is 568.